The molecule has 0 aromatic heterocycles. The monoisotopic (exact) mass is 423 g/mol. The van der Waals surface area contributed by atoms with Crippen molar-refractivity contribution >= 4 is 11.5 Å². The summed E-state index contributed by atoms with van der Waals surface area (Å²) >= 11 is 0. The molecular weight excluding hydrogens is 399 g/mol. The number of ether oxygens (including phenoxy) is 1. The standard InChI is InChI=1S/C20H24F3N5O2/c1-28-6-7-30-13(11-28)9-27-19(25)16-10-26-5-4-14(16)18(24)15-3-2-12(8-17(15)29)20(21,22)23/h2-5,8,10,13,26,29H,6-7,9,11,24H2,1H3,(H2,25,27)/b18-14-/t13-/m0/s1. The van der Waals surface area contributed by atoms with Crippen LogP contribution in [0, 0.1) is 0 Å². The van der Waals surface area contributed by atoms with E-state index in [1.165, 1.54) is 0 Å². The number of phenols is 1. The Labute approximate surface area is 172 Å². The Hall–Kier alpha value is -2.98. The van der Waals surface area contributed by atoms with Crippen molar-refractivity contribution in [1.82, 2.24) is 10.2 Å². The van der Waals surface area contributed by atoms with Crippen LogP contribution in [-0.2, 0) is 10.9 Å². The van der Waals surface area contributed by atoms with E-state index in [-0.39, 0.29) is 23.2 Å². The van der Waals surface area contributed by atoms with Gasteiger partial charge in [0, 0.05) is 42.2 Å². The quantitative estimate of drug-likeness (QED) is 0.434. The van der Waals surface area contributed by atoms with Gasteiger partial charge in [0.05, 0.1) is 30.5 Å². The number of allylic oxidation sites excluding steroid dienone is 1. The molecule has 0 radical (unpaired) electrons. The summed E-state index contributed by atoms with van der Waals surface area (Å²) in [4.78, 5) is 6.54. The van der Waals surface area contributed by atoms with Gasteiger partial charge in [-0.15, -0.1) is 0 Å². The summed E-state index contributed by atoms with van der Waals surface area (Å²) in [7, 11) is 2.00. The van der Waals surface area contributed by atoms with Crippen molar-refractivity contribution in [3.05, 3.63) is 58.9 Å². The van der Waals surface area contributed by atoms with Crippen LogP contribution in [0.5, 0.6) is 5.75 Å². The van der Waals surface area contributed by atoms with Crippen LogP contribution in [0.15, 0.2) is 52.8 Å². The third-order valence-electron chi connectivity index (χ3n) is 4.85. The lowest BCUT2D eigenvalue weighted by atomic mass is 9.97. The number of nitrogens with one attached hydrogen (secondary N) is 1. The number of morpholine rings is 1. The highest BCUT2D eigenvalue weighted by Crippen LogP contribution is 2.35. The highest BCUT2D eigenvalue weighted by molar-refractivity contribution is 6.04. The van der Waals surface area contributed by atoms with Gasteiger partial charge in [-0.2, -0.15) is 13.2 Å². The predicted molar refractivity (Wildman–Crippen MR) is 108 cm³/mol. The maximum Gasteiger partial charge on any atom is 0.416 e. The molecular formula is C20H24F3N5O2. The van der Waals surface area contributed by atoms with Gasteiger partial charge in [-0.05, 0) is 31.3 Å². The SMILES string of the molecule is CN1CCO[C@@H](CN=C(N)C2=CNC=C/C2=C(/N)c2ccc(C(F)(F)F)cc2O)C1. The fourth-order valence-electron chi connectivity index (χ4n) is 3.22. The first-order chi connectivity index (χ1) is 14.2. The fraction of sp³-hybridized carbons (Fsp3) is 0.350. The number of alkyl halides is 3. The minimum Gasteiger partial charge on any atom is -0.507 e. The van der Waals surface area contributed by atoms with Gasteiger partial charge in [-0.1, -0.05) is 0 Å². The molecule has 1 aromatic carbocycles. The van der Waals surface area contributed by atoms with E-state index in [9.17, 15) is 18.3 Å². The van der Waals surface area contributed by atoms with Gasteiger partial charge < -0.3 is 31.5 Å². The van der Waals surface area contributed by atoms with Crippen molar-refractivity contribution in [3.63, 3.8) is 0 Å². The van der Waals surface area contributed by atoms with Gasteiger partial charge >= 0.3 is 6.18 Å². The highest BCUT2D eigenvalue weighted by Gasteiger charge is 2.31. The summed E-state index contributed by atoms with van der Waals surface area (Å²) < 4.78 is 44.2. The van der Waals surface area contributed by atoms with Crippen molar-refractivity contribution in [2.75, 3.05) is 33.3 Å². The number of aromatic hydroxyl groups is 1. The number of likely N-dealkylation sites (N-methyl/N-ethyl adjacent to an activating group) is 1. The maximum atomic E-state index is 12.9. The van der Waals surface area contributed by atoms with E-state index in [1.807, 2.05) is 7.05 Å². The predicted octanol–water partition coefficient (Wildman–Crippen LogP) is 1.77. The third-order valence-corrected chi connectivity index (χ3v) is 4.85. The molecule has 0 unspecified atom stereocenters. The van der Waals surface area contributed by atoms with Crippen LogP contribution in [0.2, 0.25) is 0 Å². The first-order valence-electron chi connectivity index (χ1n) is 9.30. The molecule has 0 amide bonds. The van der Waals surface area contributed by atoms with E-state index >= 15 is 0 Å². The Balaban J connectivity index is 1.87. The van der Waals surface area contributed by atoms with E-state index < -0.39 is 17.5 Å². The molecule has 2 heterocycles. The van der Waals surface area contributed by atoms with E-state index in [0.717, 1.165) is 25.2 Å². The largest absolute Gasteiger partial charge is 0.507 e. The van der Waals surface area contributed by atoms with E-state index in [0.29, 0.717) is 30.4 Å². The molecule has 2 aliphatic rings. The van der Waals surface area contributed by atoms with Gasteiger partial charge in [-0.3, -0.25) is 4.99 Å². The molecule has 1 fully saturated rings. The number of phenolic OH excluding ortho intramolecular Hbond substituents is 1. The molecule has 0 bridgehead atoms. The lowest BCUT2D eigenvalue weighted by molar-refractivity contribution is -0.137. The summed E-state index contributed by atoms with van der Waals surface area (Å²) in [5, 5.41) is 13.0. The molecule has 7 nitrogen and oxygen atoms in total. The minimum atomic E-state index is -4.57. The van der Waals surface area contributed by atoms with E-state index in [2.05, 4.69) is 15.2 Å². The molecule has 0 saturated carbocycles. The fourth-order valence-corrected chi connectivity index (χ4v) is 3.22. The van der Waals surface area contributed by atoms with Crippen LogP contribution < -0.4 is 16.8 Å². The normalized spacial score (nSPS) is 22.5. The second-order valence-electron chi connectivity index (χ2n) is 7.10. The molecule has 1 atom stereocenters. The number of dihydropyridines is 1. The molecule has 162 valence electrons. The van der Waals surface area contributed by atoms with Gasteiger partial charge in [0.2, 0.25) is 0 Å². The molecule has 1 saturated heterocycles. The van der Waals surface area contributed by atoms with E-state index in [4.69, 9.17) is 16.2 Å². The summed E-state index contributed by atoms with van der Waals surface area (Å²) in [5.74, 6) is -0.372. The molecule has 10 heteroatoms. The summed E-state index contributed by atoms with van der Waals surface area (Å²) in [5.41, 5.74) is 12.5. The lowest BCUT2D eigenvalue weighted by Gasteiger charge is -2.29. The van der Waals surface area contributed by atoms with Crippen molar-refractivity contribution in [2.24, 2.45) is 16.5 Å². The van der Waals surface area contributed by atoms with Gasteiger partial charge in [0.1, 0.15) is 11.6 Å². The average molecular weight is 423 g/mol. The molecule has 6 N–H and O–H groups in total. The van der Waals surface area contributed by atoms with Crippen LogP contribution in [0.4, 0.5) is 13.2 Å². The van der Waals surface area contributed by atoms with Crippen LogP contribution in [0.3, 0.4) is 0 Å². The number of halogens is 3. The lowest BCUT2D eigenvalue weighted by Crippen LogP contribution is -2.41. The van der Waals surface area contributed by atoms with Crippen molar-refractivity contribution < 1.29 is 23.0 Å². The van der Waals surface area contributed by atoms with Crippen molar-refractivity contribution in [2.45, 2.75) is 12.3 Å². The molecule has 30 heavy (non-hydrogen) atoms. The Morgan fingerprint density at radius 1 is 1.37 bits per heavy atom. The highest BCUT2D eigenvalue weighted by atomic mass is 19.4. The van der Waals surface area contributed by atoms with Gasteiger partial charge in [-0.25, -0.2) is 0 Å². The zero-order valence-electron chi connectivity index (χ0n) is 16.4. The number of nitrogens with zero attached hydrogens (tertiary/aromatic N) is 2. The summed E-state index contributed by atoms with van der Waals surface area (Å²) in [6.45, 7) is 2.57. The topological polar surface area (TPSA) is 109 Å². The summed E-state index contributed by atoms with van der Waals surface area (Å²) in [6.07, 6.45) is 0.160. The Morgan fingerprint density at radius 2 is 2.13 bits per heavy atom. The van der Waals surface area contributed by atoms with Crippen LogP contribution >= 0.6 is 0 Å². The Bertz CT molecular complexity index is 922. The van der Waals surface area contributed by atoms with E-state index in [1.54, 1.807) is 18.5 Å². The minimum absolute atomic E-state index is 0.0699. The Kier molecular flexibility index (Phi) is 6.37. The number of nitrogens with two attached hydrogens (primary N) is 2. The number of hydrogen-bond acceptors (Lipinski definition) is 6. The third kappa shape index (κ3) is 4.95. The number of amidine groups is 1. The van der Waals surface area contributed by atoms with Crippen molar-refractivity contribution in [1.29, 1.82) is 0 Å². The molecule has 1 aromatic rings. The number of hydrogen-bond donors (Lipinski definition) is 4. The molecule has 0 spiro atoms. The molecule has 2 aliphatic heterocycles. The first kappa shape index (κ1) is 21.7. The second-order valence-corrected chi connectivity index (χ2v) is 7.10. The van der Waals surface area contributed by atoms with Gasteiger partial charge in [0.25, 0.3) is 0 Å². The second kappa shape index (κ2) is 8.80. The average Bonchev–Trinajstić information content (AvgIpc) is 2.71. The van der Waals surface area contributed by atoms with Crippen LogP contribution in [-0.4, -0.2) is 55.2 Å². The zero-order chi connectivity index (χ0) is 21.9. The number of aliphatic imine (C=N–C) groups is 1. The van der Waals surface area contributed by atoms with Crippen LogP contribution in [0.1, 0.15) is 11.1 Å². The summed E-state index contributed by atoms with van der Waals surface area (Å²) in [6, 6.07) is 2.64. The Morgan fingerprint density at radius 3 is 2.80 bits per heavy atom. The first-order valence-corrected chi connectivity index (χ1v) is 9.30. The number of benzene rings is 1. The molecule has 0 aliphatic carbocycles. The number of rotatable bonds is 4. The molecule has 3 rings (SSSR count). The van der Waals surface area contributed by atoms with Crippen LogP contribution in [0.25, 0.3) is 5.70 Å². The van der Waals surface area contributed by atoms with Gasteiger partial charge in [0.15, 0.2) is 0 Å². The smallest absolute Gasteiger partial charge is 0.416 e. The zero-order valence-corrected chi connectivity index (χ0v) is 16.4. The maximum absolute atomic E-state index is 12.9. The van der Waals surface area contributed by atoms with Crippen molar-refractivity contribution in [3.8, 4) is 5.75 Å².